The van der Waals surface area contributed by atoms with Crippen molar-refractivity contribution in [2.75, 3.05) is 4.90 Å². The van der Waals surface area contributed by atoms with E-state index in [1.165, 1.54) is 154 Å². The number of nitrogens with zero attached hydrogens (tertiary/aromatic N) is 4. The fraction of sp³-hybridized carbons (Fsp3) is 0.320. The number of anilines is 3. The normalized spacial score (nSPS) is 21.8. The lowest BCUT2D eigenvalue weighted by molar-refractivity contribution is -0.938. The molecule has 1 spiro atoms. The highest BCUT2D eigenvalue weighted by molar-refractivity contribution is 6.14. The molecule has 1 unspecified atom stereocenters. The topological polar surface area (TPSA) is 25.2 Å². The van der Waals surface area contributed by atoms with Gasteiger partial charge in [0.15, 0.2) is 11.3 Å². The first-order valence-corrected chi connectivity index (χ1v) is 21.1. The predicted octanol–water partition coefficient (Wildman–Crippen LogP) is 11.6. The largest absolute Gasteiger partial charge is 0.404 e. The third-order valence-electron chi connectivity index (χ3n) is 15.2. The van der Waals surface area contributed by atoms with Gasteiger partial charge in [0.05, 0.1) is 23.1 Å². The van der Waals surface area contributed by atoms with Crippen LogP contribution in [0, 0.1) is 0 Å². The fourth-order valence-electron chi connectivity index (χ4n) is 12.9. The van der Waals surface area contributed by atoms with Gasteiger partial charge in [0, 0.05) is 28.3 Å². The Morgan fingerprint density at radius 2 is 1.31 bits per heavy atom. The Kier molecular flexibility index (Phi) is 5.36. The van der Waals surface area contributed by atoms with Crippen LogP contribution in [0.5, 0.6) is 11.6 Å². The Labute approximate surface area is 321 Å². The van der Waals surface area contributed by atoms with Crippen molar-refractivity contribution in [2.45, 2.75) is 101 Å². The van der Waals surface area contributed by atoms with Gasteiger partial charge in [0.2, 0.25) is 5.69 Å². The van der Waals surface area contributed by atoms with Crippen LogP contribution >= 0.6 is 0 Å². The molecule has 5 heteroatoms. The first-order chi connectivity index (χ1) is 27.0. The molecule has 3 aromatic heterocycles. The molecule has 0 bridgehead atoms. The molecule has 7 aromatic rings. The number of aromatic nitrogens is 3. The molecule has 1 atom stereocenters. The highest BCUT2D eigenvalue weighted by atomic mass is 16.5. The summed E-state index contributed by atoms with van der Waals surface area (Å²) in [7, 11) is 0. The molecule has 14 rings (SSSR count). The van der Waals surface area contributed by atoms with Crippen molar-refractivity contribution in [3.63, 3.8) is 0 Å². The van der Waals surface area contributed by atoms with Gasteiger partial charge in [-0.2, -0.15) is 4.57 Å². The van der Waals surface area contributed by atoms with E-state index in [4.69, 9.17) is 4.74 Å². The van der Waals surface area contributed by atoms with Gasteiger partial charge >= 0.3 is 11.5 Å². The van der Waals surface area contributed by atoms with Crippen LogP contribution in [0.25, 0.3) is 39.0 Å². The van der Waals surface area contributed by atoms with Crippen LogP contribution in [0.1, 0.15) is 123 Å². The van der Waals surface area contributed by atoms with Crippen LogP contribution in [-0.4, -0.2) is 4.57 Å². The zero-order chi connectivity index (χ0) is 35.9. The Morgan fingerprint density at radius 1 is 0.618 bits per heavy atom. The summed E-state index contributed by atoms with van der Waals surface area (Å²) < 4.78 is 15.4. The summed E-state index contributed by atoms with van der Waals surface area (Å²) in [6.45, 7) is 4.90. The van der Waals surface area contributed by atoms with E-state index in [9.17, 15) is 0 Å². The standard InChI is InChI=1S/C50H44N4O/c1-49(2)35-19-10-12-21-38(35)51-39-22-13-23-42-45(39)50-46-47-34(28-36(49)48(46)51)33-18-9-11-20-37(33)52(47)43-26-31(29-14-5-3-6-15-29)24-40(53(43)50)41-25-32(27-44(55-42)54(41)50)30-16-7-4-8-17-30/h9-13,18-30H,3-8,14-17H2,1-2H3/q+2. The second kappa shape index (κ2) is 9.87. The lowest BCUT2D eigenvalue weighted by Crippen LogP contribution is -2.75. The summed E-state index contributed by atoms with van der Waals surface area (Å²) in [6, 6.07) is 38.0. The second-order valence-electron chi connectivity index (χ2n) is 18.2. The Bertz CT molecular complexity index is 2920. The van der Waals surface area contributed by atoms with Crippen LogP contribution in [0.3, 0.4) is 0 Å². The van der Waals surface area contributed by atoms with Gasteiger partial charge in [-0.25, -0.2) is 0 Å². The number of rotatable bonds is 2. The van der Waals surface area contributed by atoms with Gasteiger partial charge in [-0.15, -0.1) is 9.13 Å². The molecule has 4 aromatic carbocycles. The van der Waals surface area contributed by atoms with Crippen molar-refractivity contribution in [1.29, 1.82) is 0 Å². The van der Waals surface area contributed by atoms with Crippen LogP contribution in [0.15, 0.2) is 97.1 Å². The van der Waals surface area contributed by atoms with Crippen molar-refractivity contribution in [2.24, 2.45) is 0 Å². The number of pyridine rings is 2. The minimum absolute atomic E-state index is 0.217. The van der Waals surface area contributed by atoms with Crippen molar-refractivity contribution < 1.29 is 13.9 Å². The first kappa shape index (κ1) is 29.9. The lowest BCUT2D eigenvalue weighted by atomic mass is 9.68. The molecule has 2 aliphatic carbocycles. The maximum atomic E-state index is 7.31. The highest BCUT2D eigenvalue weighted by Gasteiger charge is 2.73. The van der Waals surface area contributed by atoms with E-state index in [-0.39, 0.29) is 5.41 Å². The summed E-state index contributed by atoms with van der Waals surface area (Å²) in [6.07, 6.45) is 13.0. The average Bonchev–Trinajstić information content (AvgIpc) is 3.72. The maximum absolute atomic E-state index is 7.31. The van der Waals surface area contributed by atoms with Gasteiger partial charge in [0.1, 0.15) is 16.6 Å². The summed E-state index contributed by atoms with van der Waals surface area (Å²) in [5.41, 5.74) is 16.6. The van der Waals surface area contributed by atoms with Gasteiger partial charge in [-0.1, -0.05) is 88.8 Å². The summed E-state index contributed by atoms with van der Waals surface area (Å²) in [4.78, 5) is 2.61. The molecule has 2 fully saturated rings. The predicted molar refractivity (Wildman–Crippen MR) is 217 cm³/mol. The minimum Gasteiger partial charge on any atom is -0.404 e. The molecule has 0 radical (unpaired) electrons. The Morgan fingerprint density at radius 3 is 2.11 bits per heavy atom. The average molecular weight is 717 g/mol. The molecule has 268 valence electrons. The third kappa shape index (κ3) is 3.31. The van der Waals surface area contributed by atoms with E-state index < -0.39 is 5.66 Å². The van der Waals surface area contributed by atoms with E-state index in [0.717, 1.165) is 11.6 Å². The van der Waals surface area contributed by atoms with Gasteiger partial charge < -0.3 is 9.64 Å². The smallest absolute Gasteiger partial charge is 0.378 e. The van der Waals surface area contributed by atoms with Crippen molar-refractivity contribution >= 4 is 38.9 Å². The number of hydrogen-bond acceptors (Lipinski definition) is 2. The number of ether oxygens (including phenoxy) is 1. The van der Waals surface area contributed by atoms with E-state index in [2.05, 4.69) is 130 Å². The molecule has 55 heavy (non-hydrogen) atoms. The zero-order valence-electron chi connectivity index (χ0n) is 31.7. The van der Waals surface area contributed by atoms with E-state index in [0.29, 0.717) is 11.8 Å². The fourth-order valence-corrected chi connectivity index (χ4v) is 12.9. The number of benzene rings is 4. The molecule has 0 saturated heterocycles. The monoisotopic (exact) mass is 716 g/mol. The molecular formula is C50H44N4O+2. The highest BCUT2D eigenvalue weighted by Crippen LogP contribution is 2.65. The molecule has 7 aliphatic rings. The van der Waals surface area contributed by atoms with E-state index in [1.54, 1.807) is 0 Å². The zero-order valence-corrected chi connectivity index (χ0v) is 31.7. The maximum Gasteiger partial charge on any atom is 0.378 e. The van der Waals surface area contributed by atoms with Crippen molar-refractivity contribution in [1.82, 2.24) is 4.57 Å². The molecule has 0 N–H and O–H groups in total. The second-order valence-corrected chi connectivity index (χ2v) is 18.2. The van der Waals surface area contributed by atoms with E-state index in [1.807, 2.05) is 0 Å². The Hall–Kier alpha value is -5.42. The summed E-state index contributed by atoms with van der Waals surface area (Å²) >= 11 is 0. The van der Waals surface area contributed by atoms with Gasteiger partial charge in [0.25, 0.3) is 11.5 Å². The molecule has 5 aliphatic heterocycles. The van der Waals surface area contributed by atoms with Gasteiger partial charge in [-0.05, 0) is 102 Å². The molecular weight excluding hydrogens is 673 g/mol. The summed E-state index contributed by atoms with van der Waals surface area (Å²) in [5.74, 6) is 4.39. The Balaban J connectivity index is 1.23. The van der Waals surface area contributed by atoms with Crippen molar-refractivity contribution in [3.05, 3.63) is 130 Å². The summed E-state index contributed by atoms with van der Waals surface area (Å²) in [5, 5.41) is 2.68. The first-order valence-electron chi connectivity index (χ1n) is 21.1. The molecule has 8 heterocycles. The minimum atomic E-state index is -0.650. The number of para-hydroxylation sites is 2. The van der Waals surface area contributed by atoms with Crippen LogP contribution < -0.4 is 18.8 Å². The van der Waals surface area contributed by atoms with Crippen molar-refractivity contribution in [3.8, 4) is 28.8 Å². The molecule has 5 nitrogen and oxygen atoms in total. The van der Waals surface area contributed by atoms with Crippen LogP contribution in [0.2, 0.25) is 0 Å². The lowest BCUT2D eigenvalue weighted by Gasteiger charge is -2.48. The van der Waals surface area contributed by atoms with Gasteiger partial charge in [-0.3, -0.25) is 0 Å². The number of hydrogen-bond donors (Lipinski definition) is 0. The molecule has 2 saturated carbocycles. The van der Waals surface area contributed by atoms with Crippen LogP contribution in [0.4, 0.5) is 17.1 Å². The van der Waals surface area contributed by atoms with Crippen LogP contribution in [-0.2, 0) is 11.1 Å². The SMILES string of the molecule is CC1(C)c2ccccc2N2c3cccc4c3C35c6c2c1cc1c2ccccc2n(c61)-c1cc(C2CCCCC2)cc([n+]13)-c1cc(C2CCCCC2)cc([n+]15)O4. The quantitative estimate of drug-likeness (QED) is 0.166. The van der Waals surface area contributed by atoms with E-state index >= 15 is 0 Å². The third-order valence-corrected chi connectivity index (χ3v) is 15.2. The molecule has 0 amide bonds. The number of fused-ring (bicyclic) bond motifs is 8.